The van der Waals surface area contributed by atoms with E-state index in [0.717, 1.165) is 27.6 Å². The quantitative estimate of drug-likeness (QED) is 0.277. The Labute approximate surface area is 260 Å². The minimum atomic E-state index is -0.863. The monoisotopic (exact) mass is 612 g/mol. The van der Waals surface area contributed by atoms with E-state index in [1.165, 1.54) is 0 Å². The fraction of sp³-hybridized carbons (Fsp3) is 0.273. The van der Waals surface area contributed by atoms with E-state index in [-0.39, 0.29) is 55.9 Å². The highest BCUT2D eigenvalue weighted by molar-refractivity contribution is 6.31. The lowest BCUT2D eigenvalue weighted by Crippen LogP contribution is -2.75. The number of aromatic hydroxyl groups is 1. The number of piperazine rings is 1. The number of H-pyrrole nitrogens is 1. The number of carbonyl (C=O) groups excluding carboxylic acids is 3. The summed E-state index contributed by atoms with van der Waals surface area (Å²) < 4.78 is 0. The van der Waals surface area contributed by atoms with Gasteiger partial charge in [-0.1, -0.05) is 60.1 Å². The van der Waals surface area contributed by atoms with Crippen molar-refractivity contribution in [2.24, 2.45) is 0 Å². The van der Waals surface area contributed by atoms with Crippen LogP contribution in [0.15, 0.2) is 85.6 Å². The van der Waals surface area contributed by atoms with Crippen molar-refractivity contribution in [1.29, 1.82) is 0 Å². The Kier molecular flexibility index (Phi) is 8.36. The molecule has 0 saturated carbocycles. The fourth-order valence-corrected chi connectivity index (χ4v) is 6.44. The molecule has 0 radical (unpaired) electrons. The Morgan fingerprint density at radius 3 is 2.61 bits per heavy atom. The Hall–Kier alpha value is -4.67. The van der Waals surface area contributed by atoms with Gasteiger partial charge in [-0.25, -0.2) is 10.0 Å². The molecular formula is C33H33ClN6O4. The van der Waals surface area contributed by atoms with Crippen LogP contribution in [0.25, 0.3) is 10.9 Å². The lowest BCUT2D eigenvalue weighted by atomic mass is 9.97. The van der Waals surface area contributed by atoms with Crippen LogP contribution in [-0.2, 0) is 33.8 Å². The molecule has 2 fully saturated rings. The van der Waals surface area contributed by atoms with Gasteiger partial charge in [-0.2, -0.15) is 5.10 Å². The first-order valence-corrected chi connectivity index (χ1v) is 14.9. The first-order chi connectivity index (χ1) is 21.3. The van der Waals surface area contributed by atoms with Crippen LogP contribution in [0.2, 0.25) is 5.02 Å². The molecule has 4 aromatic rings. The van der Waals surface area contributed by atoms with Crippen molar-refractivity contribution in [2.45, 2.75) is 38.0 Å². The standard InChI is InChI=1S/C33H33ClN6O4/c1-2-14-38-21-31(43)39-28(15-23-8-11-27(41)12-9-23)33(44)37(19-25-17-26(34)16-24-18-35-36-32(24)25)20-29(39)40(38)30(42)13-10-22-6-4-3-5-7-22/h2-9,11-12,16-18,28-29,41H,1,10,13-15,19-21H2,(H,35,36)/t28-,29-/m0/s1. The number of nitrogens with zero attached hydrogens (tertiary/aromatic N) is 5. The number of benzene rings is 3. The van der Waals surface area contributed by atoms with Gasteiger partial charge in [-0.05, 0) is 47.4 Å². The van der Waals surface area contributed by atoms with Gasteiger partial charge in [-0.15, -0.1) is 6.58 Å². The number of carbonyl (C=O) groups is 3. The zero-order valence-corrected chi connectivity index (χ0v) is 24.9. The van der Waals surface area contributed by atoms with E-state index < -0.39 is 12.2 Å². The van der Waals surface area contributed by atoms with Crippen molar-refractivity contribution in [3.05, 3.63) is 107 Å². The highest BCUT2D eigenvalue weighted by atomic mass is 35.5. The third-order valence-electron chi connectivity index (χ3n) is 8.22. The van der Waals surface area contributed by atoms with Gasteiger partial charge in [0.15, 0.2) is 0 Å². The summed E-state index contributed by atoms with van der Waals surface area (Å²) in [4.78, 5) is 45.3. The van der Waals surface area contributed by atoms with Gasteiger partial charge in [0.25, 0.3) is 0 Å². The Morgan fingerprint density at radius 2 is 1.86 bits per heavy atom. The lowest BCUT2D eigenvalue weighted by Gasteiger charge is -2.55. The van der Waals surface area contributed by atoms with Gasteiger partial charge in [0, 0.05) is 36.3 Å². The van der Waals surface area contributed by atoms with E-state index in [1.54, 1.807) is 68.5 Å². The molecule has 6 rings (SSSR count). The van der Waals surface area contributed by atoms with Crippen molar-refractivity contribution in [3.8, 4) is 5.75 Å². The fourth-order valence-electron chi connectivity index (χ4n) is 6.19. The maximum atomic E-state index is 14.2. The Balaban J connectivity index is 1.37. The molecule has 2 aliphatic rings. The van der Waals surface area contributed by atoms with Crippen molar-refractivity contribution in [1.82, 2.24) is 30.0 Å². The van der Waals surface area contributed by atoms with Gasteiger partial charge in [0.1, 0.15) is 18.0 Å². The number of halogens is 1. The largest absolute Gasteiger partial charge is 0.508 e. The molecule has 2 saturated heterocycles. The van der Waals surface area contributed by atoms with Crippen molar-refractivity contribution >= 4 is 40.2 Å². The maximum Gasteiger partial charge on any atom is 0.246 e. The van der Waals surface area contributed by atoms with Gasteiger partial charge in [0.2, 0.25) is 17.7 Å². The Bertz CT molecular complexity index is 1690. The normalized spacial score (nSPS) is 19.0. The minimum Gasteiger partial charge on any atom is -0.508 e. The minimum absolute atomic E-state index is 0.0536. The number of rotatable bonds is 9. The number of amides is 3. The molecule has 226 valence electrons. The number of aryl methyl sites for hydroxylation is 1. The van der Waals surface area contributed by atoms with Crippen LogP contribution in [-0.4, -0.2) is 84.7 Å². The summed E-state index contributed by atoms with van der Waals surface area (Å²) >= 11 is 6.43. The van der Waals surface area contributed by atoms with E-state index in [2.05, 4.69) is 16.8 Å². The SMILES string of the molecule is C=CCN1CC(=O)N2[C@@H](Cc3ccc(O)cc3)C(=O)N(Cc3cc(Cl)cc4cn[nH]c34)C[C@@H]2N1C(=O)CCc1ccccc1. The van der Waals surface area contributed by atoms with Gasteiger partial charge < -0.3 is 14.9 Å². The molecule has 44 heavy (non-hydrogen) atoms. The van der Waals surface area contributed by atoms with Crippen molar-refractivity contribution in [2.75, 3.05) is 19.6 Å². The summed E-state index contributed by atoms with van der Waals surface area (Å²) in [6.07, 6.45) is 3.62. The van der Waals surface area contributed by atoms with Gasteiger partial charge in [-0.3, -0.25) is 19.5 Å². The van der Waals surface area contributed by atoms with Crippen LogP contribution < -0.4 is 0 Å². The van der Waals surface area contributed by atoms with Crippen LogP contribution in [0, 0.1) is 0 Å². The second-order valence-electron chi connectivity index (χ2n) is 11.1. The molecule has 2 atom stereocenters. The van der Waals surface area contributed by atoms with Gasteiger partial charge in [0.05, 0.1) is 24.8 Å². The zero-order chi connectivity index (χ0) is 30.8. The first kappa shape index (κ1) is 29.4. The second kappa shape index (κ2) is 12.5. The number of nitrogens with one attached hydrogen (secondary N) is 1. The third kappa shape index (κ3) is 5.91. The van der Waals surface area contributed by atoms with Crippen LogP contribution in [0.3, 0.4) is 0 Å². The van der Waals surface area contributed by atoms with E-state index in [1.807, 2.05) is 30.3 Å². The molecule has 0 aliphatic carbocycles. The van der Waals surface area contributed by atoms with Crippen molar-refractivity contribution in [3.63, 3.8) is 0 Å². The first-order valence-electron chi connectivity index (χ1n) is 14.5. The smallest absolute Gasteiger partial charge is 0.246 e. The van der Waals surface area contributed by atoms with E-state index >= 15 is 0 Å². The third-order valence-corrected chi connectivity index (χ3v) is 8.44. The highest BCUT2D eigenvalue weighted by Crippen LogP contribution is 2.31. The number of hydrazine groups is 1. The number of hydrogen-bond acceptors (Lipinski definition) is 6. The predicted octanol–water partition coefficient (Wildman–Crippen LogP) is 3.91. The van der Waals surface area contributed by atoms with E-state index in [9.17, 15) is 19.5 Å². The highest BCUT2D eigenvalue weighted by Gasteiger charge is 2.51. The molecule has 2 aliphatic heterocycles. The number of phenolic OH excluding ortho intramolecular Hbond substituents is 1. The number of aromatic amines is 1. The van der Waals surface area contributed by atoms with Gasteiger partial charge >= 0.3 is 0 Å². The summed E-state index contributed by atoms with van der Waals surface area (Å²) in [5.74, 6) is -0.504. The average molecular weight is 613 g/mol. The summed E-state index contributed by atoms with van der Waals surface area (Å²) in [6.45, 7) is 4.42. The maximum absolute atomic E-state index is 14.2. The molecule has 1 aromatic heterocycles. The molecule has 3 heterocycles. The number of hydrogen-bond donors (Lipinski definition) is 2. The second-order valence-corrected chi connectivity index (χ2v) is 11.6. The molecule has 10 nitrogen and oxygen atoms in total. The summed E-state index contributed by atoms with van der Waals surface area (Å²) in [6, 6.07) is 19.1. The molecule has 0 unspecified atom stereocenters. The predicted molar refractivity (Wildman–Crippen MR) is 166 cm³/mol. The van der Waals surface area contributed by atoms with E-state index in [4.69, 9.17) is 11.6 Å². The lowest BCUT2D eigenvalue weighted by molar-refractivity contribution is -0.205. The molecule has 2 N–H and O–H groups in total. The summed E-state index contributed by atoms with van der Waals surface area (Å²) in [7, 11) is 0. The Morgan fingerprint density at radius 1 is 1.09 bits per heavy atom. The zero-order valence-electron chi connectivity index (χ0n) is 24.1. The van der Waals surface area contributed by atoms with Crippen LogP contribution in [0.4, 0.5) is 0 Å². The van der Waals surface area contributed by atoms with Crippen molar-refractivity contribution < 1.29 is 19.5 Å². The molecule has 0 bridgehead atoms. The molecule has 11 heteroatoms. The molecular weight excluding hydrogens is 580 g/mol. The molecule has 0 spiro atoms. The molecule has 3 aromatic carbocycles. The van der Waals surface area contributed by atoms with Crippen LogP contribution in [0.1, 0.15) is 23.1 Å². The number of aromatic nitrogens is 2. The van der Waals surface area contributed by atoms with E-state index in [0.29, 0.717) is 18.0 Å². The topological polar surface area (TPSA) is 113 Å². The number of phenols is 1. The average Bonchev–Trinajstić information content (AvgIpc) is 3.48. The summed E-state index contributed by atoms with van der Waals surface area (Å²) in [5.41, 5.74) is 3.37. The van der Waals surface area contributed by atoms with Crippen LogP contribution in [0.5, 0.6) is 5.75 Å². The number of fused-ring (bicyclic) bond motifs is 2. The van der Waals surface area contributed by atoms with Crippen LogP contribution >= 0.6 is 11.6 Å². The molecule has 3 amide bonds. The summed E-state index contributed by atoms with van der Waals surface area (Å²) in [5, 5.41) is 21.7.